The molecule has 150 valence electrons. The summed E-state index contributed by atoms with van der Waals surface area (Å²) in [6, 6.07) is 12.9. The second-order valence-electron chi connectivity index (χ2n) is 5.90. The van der Waals surface area contributed by atoms with Crippen LogP contribution in [-0.4, -0.2) is 33.5 Å². The number of nitrogens with zero attached hydrogens (tertiary/aromatic N) is 3. The van der Waals surface area contributed by atoms with Gasteiger partial charge in [-0.3, -0.25) is 9.36 Å². The van der Waals surface area contributed by atoms with Crippen molar-refractivity contribution in [2.24, 2.45) is 0 Å². The second kappa shape index (κ2) is 9.96. The first-order valence-corrected chi connectivity index (χ1v) is 10.7. The Kier molecular flexibility index (Phi) is 7.35. The lowest BCUT2D eigenvalue weighted by Gasteiger charge is -2.09. The highest BCUT2D eigenvalue weighted by Gasteiger charge is 2.15. The molecule has 0 unspecified atom stereocenters. The number of ether oxygens (including phenoxy) is 1. The molecule has 0 spiro atoms. The molecule has 6 nitrogen and oxygen atoms in total. The number of halogens is 2. The van der Waals surface area contributed by atoms with E-state index >= 15 is 0 Å². The van der Waals surface area contributed by atoms with Crippen molar-refractivity contribution < 1.29 is 9.53 Å². The van der Waals surface area contributed by atoms with Gasteiger partial charge in [0, 0.05) is 22.3 Å². The van der Waals surface area contributed by atoms with Crippen molar-refractivity contribution in [1.29, 1.82) is 0 Å². The van der Waals surface area contributed by atoms with Crippen LogP contribution in [0.25, 0.3) is 11.4 Å². The van der Waals surface area contributed by atoms with Gasteiger partial charge in [-0.05, 0) is 30.3 Å². The molecule has 0 aliphatic carbocycles. The van der Waals surface area contributed by atoms with Gasteiger partial charge in [-0.15, -0.1) is 16.8 Å². The number of aromatic nitrogens is 3. The van der Waals surface area contributed by atoms with E-state index in [9.17, 15) is 4.79 Å². The fourth-order valence-electron chi connectivity index (χ4n) is 2.57. The minimum atomic E-state index is -0.172. The first-order chi connectivity index (χ1) is 14.0. The highest BCUT2D eigenvalue weighted by atomic mass is 79.9. The van der Waals surface area contributed by atoms with Gasteiger partial charge in [0.2, 0.25) is 5.91 Å². The van der Waals surface area contributed by atoms with E-state index in [2.05, 4.69) is 38.0 Å². The minimum Gasteiger partial charge on any atom is -0.495 e. The molecule has 0 saturated carbocycles. The Balaban J connectivity index is 1.69. The number of carbonyl (C=O) groups is 1. The molecule has 0 radical (unpaired) electrons. The number of anilines is 1. The maximum absolute atomic E-state index is 12.3. The molecule has 0 fully saturated rings. The zero-order valence-electron chi connectivity index (χ0n) is 15.6. The van der Waals surface area contributed by atoms with Crippen LogP contribution in [0.4, 0.5) is 5.69 Å². The third-order valence-electron chi connectivity index (χ3n) is 3.90. The number of methoxy groups -OCH3 is 1. The Bertz CT molecular complexity index is 1020. The summed E-state index contributed by atoms with van der Waals surface area (Å²) in [5, 5.41) is 12.4. The molecular weight excluding hydrogens is 476 g/mol. The van der Waals surface area contributed by atoms with E-state index < -0.39 is 0 Å². The summed E-state index contributed by atoms with van der Waals surface area (Å²) in [7, 11) is 1.54. The number of thioether (sulfide) groups is 1. The summed E-state index contributed by atoms with van der Waals surface area (Å²) in [5.74, 6) is 1.29. The van der Waals surface area contributed by atoms with Crippen LogP contribution in [0.15, 0.2) is 64.7 Å². The van der Waals surface area contributed by atoms with Crippen molar-refractivity contribution >= 4 is 50.9 Å². The number of nitrogens with one attached hydrogen (secondary N) is 1. The van der Waals surface area contributed by atoms with Crippen LogP contribution in [0, 0.1) is 0 Å². The molecule has 0 atom stereocenters. The van der Waals surface area contributed by atoms with Crippen LogP contribution < -0.4 is 10.1 Å². The summed E-state index contributed by atoms with van der Waals surface area (Å²) >= 11 is 10.8. The van der Waals surface area contributed by atoms with E-state index in [1.165, 1.54) is 18.9 Å². The number of rotatable bonds is 8. The standard InChI is InChI=1S/C20H18BrClN4O2S/c1-3-10-26-19(13-4-6-14(21)7-5-13)24-25-20(26)29-12-18(27)23-15-8-9-17(28-2)16(22)11-15/h3-9,11H,1,10,12H2,2H3,(H,23,27). The van der Waals surface area contributed by atoms with Crippen LogP contribution in [0.3, 0.4) is 0 Å². The third kappa shape index (κ3) is 5.41. The molecule has 0 bridgehead atoms. The van der Waals surface area contributed by atoms with Crippen molar-refractivity contribution in [2.75, 3.05) is 18.2 Å². The number of hydrogen-bond acceptors (Lipinski definition) is 5. The van der Waals surface area contributed by atoms with Crippen molar-refractivity contribution in [1.82, 2.24) is 14.8 Å². The molecule has 3 rings (SSSR count). The van der Waals surface area contributed by atoms with E-state index in [0.717, 1.165) is 15.9 Å². The summed E-state index contributed by atoms with van der Waals surface area (Å²) in [6.45, 7) is 4.34. The largest absolute Gasteiger partial charge is 0.495 e. The molecule has 0 aliphatic rings. The fourth-order valence-corrected chi connectivity index (χ4v) is 3.84. The molecule has 0 aliphatic heterocycles. The van der Waals surface area contributed by atoms with Gasteiger partial charge in [-0.1, -0.05) is 57.5 Å². The first-order valence-electron chi connectivity index (χ1n) is 8.58. The summed E-state index contributed by atoms with van der Waals surface area (Å²) < 4.78 is 8.03. The predicted molar refractivity (Wildman–Crippen MR) is 121 cm³/mol. The van der Waals surface area contributed by atoms with E-state index in [4.69, 9.17) is 16.3 Å². The maximum atomic E-state index is 12.3. The quantitative estimate of drug-likeness (QED) is 0.341. The fraction of sp³-hybridized carbons (Fsp3) is 0.150. The number of benzene rings is 2. The van der Waals surface area contributed by atoms with Crippen LogP contribution >= 0.6 is 39.3 Å². The smallest absolute Gasteiger partial charge is 0.234 e. The highest BCUT2D eigenvalue weighted by Crippen LogP contribution is 2.28. The Morgan fingerprint density at radius 2 is 2.07 bits per heavy atom. The van der Waals surface area contributed by atoms with Crippen LogP contribution in [0.5, 0.6) is 5.75 Å². The van der Waals surface area contributed by atoms with E-state index in [1.54, 1.807) is 24.3 Å². The van der Waals surface area contributed by atoms with Gasteiger partial charge in [-0.2, -0.15) is 0 Å². The first kappa shape index (κ1) is 21.4. The van der Waals surface area contributed by atoms with E-state index in [0.29, 0.717) is 28.2 Å². The van der Waals surface area contributed by atoms with Crippen LogP contribution in [-0.2, 0) is 11.3 Å². The lowest BCUT2D eigenvalue weighted by molar-refractivity contribution is -0.113. The van der Waals surface area contributed by atoms with Crippen molar-refractivity contribution in [3.8, 4) is 17.1 Å². The molecule has 29 heavy (non-hydrogen) atoms. The van der Waals surface area contributed by atoms with Gasteiger partial charge in [0.25, 0.3) is 0 Å². The number of carbonyl (C=O) groups excluding carboxylic acids is 1. The monoisotopic (exact) mass is 492 g/mol. The average Bonchev–Trinajstić information content (AvgIpc) is 3.10. The van der Waals surface area contributed by atoms with E-state index in [1.807, 2.05) is 28.8 Å². The zero-order chi connectivity index (χ0) is 20.8. The van der Waals surface area contributed by atoms with Gasteiger partial charge in [0.15, 0.2) is 11.0 Å². The van der Waals surface area contributed by atoms with Crippen molar-refractivity contribution in [2.45, 2.75) is 11.7 Å². The summed E-state index contributed by atoms with van der Waals surface area (Å²) in [4.78, 5) is 12.3. The SMILES string of the molecule is C=CCn1c(SCC(=O)Nc2ccc(OC)c(Cl)c2)nnc1-c1ccc(Br)cc1. The van der Waals surface area contributed by atoms with Gasteiger partial charge < -0.3 is 10.1 Å². The Labute approximate surface area is 186 Å². The van der Waals surface area contributed by atoms with Gasteiger partial charge >= 0.3 is 0 Å². The average molecular weight is 494 g/mol. The summed E-state index contributed by atoms with van der Waals surface area (Å²) in [6.07, 6.45) is 1.77. The summed E-state index contributed by atoms with van der Waals surface area (Å²) in [5.41, 5.74) is 1.54. The highest BCUT2D eigenvalue weighted by molar-refractivity contribution is 9.10. The number of hydrogen-bond donors (Lipinski definition) is 1. The molecular formula is C20H18BrClN4O2S. The lowest BCUT2D eigenvalue weighted by Crippen LogP contribution is -2.14. The molecule has 0 saturated heterocycles. The molecule has 1 aromatic heterocycles. The zero-order valence-corrected chi connectivity index (χ0v) is 18.7. The van der Waals surface area contributed by atoms with Crippen molar-refractivity contribution in [3.05, 3.63) is 64.6 Å². The normalized spacial score (nSPS) is 10.6. The van der Waals surface area contributed by atoms with Crippen molar-refractivity contribution in [3.63, 3.8) is 0 Å². The van der Waals surface area contributed by atoms with Crippen LogP contribution in [0.2, 0.25) is 5.02 Å². The predicted octanol–water partition coefficient (Wildman–Crippen LogP) is 5.29. The molecule has 1 N–H and O–H groups in total. The Morgan fingerprint density at radius 3 is 2.72 bits per heavy atom. The molecule has 3 aromatic rings. The van der Waals surface area contributed by atoms with Gasteiger partial charge in [0.05, 0.1) is 17.9 Å². The Morgan fingerprint density at radius 1 is 1.31 bits per heavy atom. The lowest BCUT2D eigenvalue weighted by atomic mass is 10.2. The molecule has 2 aromatic carbocycles. The van der Waals surface area contributed by atoms with E-state index in [-0.39, 0.29) is 11.7 Å². The Hall–Kier alpha value is -2.29. The van der Waals surface area contributed by atoms with Gasteiger partial charge in [0.1, 0.15) is 5.75 Å². The number of amides is 1. The van der Waals surface area contributed by atoms with Gasteiger partial charge in [-0.25, -0.2) is 0 Å². The minimum absolute atomic E-state index is 0.172. The topological polar surface area (TPSA) is 69.0 Å². The molecule has 1 heterocycles. The maximum Gasteiger partial charge on any atom is 0.234 e. The molecule has 9 heteroatoms. The number of allylic oxidation sites excluding steroid dienone is 1. The molecule has 1 amide bonds. The van der Waals surface area contributed by atoms with Crippen LogP contribution in [0.1, 0.15) is 0 Å². The third-order valence-corrected chi connectivity index (χ3v) is 5.69. The second-order valence-corrected chi connectivity index (χ2v) is 8.16.